The molecule has 2 aliphatic heterocycles. The van der Waals surface area contributed by atoms with Crippen LogP contribution < -0.4 is 5.63 Å². The number of fused-ring (bicyclic) bond motifs is 4. The second-order valence-electron chi connectivity index (χ2n) is 7.89. The van der Waals surface area contributed by atoms with E-state index in [4.69, 9.17) is 13.9 Å². The zero-order valence-corrected chi connectivity index (χ0v) is 13.9. The van der Waals surface area contributed by atoms with Crippen molar-refractivity contribution in [2.75, 3.05) is 0 Å². The Morgan fingerprint density at radius 2 is 2.04 bits per heavy atom. The summed E-state index contributed by atoms with van der Waals surface area (Å²) in [5.41, 5.74) is -0.0510. The molecule has 3 unspecified atom stereocenters. The van der Waals surface area contributed by atoms with Crippen LogP contribution in [0.2, 0.25) is 0 Å². The standard InChI is InChI=1S/C18H20O6/c1-4-9-7-5-10-13-17(2,8(7)6-11(19)22-9)15-12(24-15)14(20)18(13,3)16(21)23-10/h6,10,12-15,20H,4-5H2,1-3H3/t10?,12?,13?,14-,15-,17-,18-/m1/s1. The van der Waals surface area contributed by atoms with Crippen molar-refractivity contribution in [1.82, 2.24) is 0 Å². The zero-order chi connectivity index (χ0) is 17.0. The van der Waals surface area contributed by atoms with Crippen molar-refractivity contribution in [3.8, 4) is 0 Å². The van der Waals surface area contributed by atoms with Gasteiger partial charge in [0.1, 0.15) is 23.4 Å². The Labute approximate surface area is 138 Å². The highest BCUT2D eigenvalue weighted by Gasteiger charge is 2.78. The minimum atomic E-state index is -1.00. The highest BCUT2D eigenvalue weighted by molar-refractivity contribution is 5.82. The first-order valence-corrected chi connectivity index (χ1v) is 8.54. The summed E-state index contributed by atoms with van der Waals surface area (Å²) in [6.45, 7) is 5.76. The van der Waals surface area contributed by atoms with Gasteiger partial charge in [0.15, 0.2) is 0 Å². The van der Waals surface area contributed by atoms with Gasteiger partial charge in [0.05, 0.1) is 12.2 Å². The second kappa shape index (κ2) is 4.11. The fourth-order valence-corrected chi connectivity index (χ4v) is 5.76. The highest BCUT2D eigenvalue weighted by Crippen LogP contribution is 2.66. The molecule has 3 heterocycles. The SMILES string of the molecule is CCc1oc(=O)cc2c1CC1OC(=O)[C@]3(C)C1[C@]2(C)[C@@H]1OC1[C@H]3O. The molecular weight excluding hydrogens is 312 g/mol. The average molecular weight is 332 g/mol. The number of carbonyl (C=O) groups is 1. The number of aliphatic hydroxyl groups is 1. The average Bonchev–Trinajstić information content (AvgIpc) is 3.29. The first-order valence-electron chi connectivity index (χ1n) is 8.54. The Morgan fingerprint density at radius 1 is 1.29 bits per heavy atom. The number of hydrogen-bond acceptors (Lipinski definition) is 6. The van der Waals surface area contributed by atoms with Gasteiger partial charge in [-0.3, -0.25) is 4.79 Å². The third-order valence-corrected chi connectivity index (χ3v) is 6.86. The maximum Gasteiger partial charge on any atom is 0.336 e. The molecular formula is C18H20O6. The number of carbonyl (C=O) groups excluding carboxylic acids is 1. The smallest absolute Gasteiger partial charge is 0.336 e. The number of aryl methyl sites for hydroxylation is 1. The molecule has 1 saturated carbocycles. The number of aliphatic hydroxyl groups excluding tert-OH is 1. The van der Waals surface area contributed by atoms with E-state index in [1.165, 1.54) is 0 Å². The van der Waals surface area contributed by atoms with Crippen molar-refractivity contribution in [2.24, 2.45) is 11.3 Å². The summed E-state index contributed by atoms with van der Waals surface area (Å²) in [6, 6.07) is 1.55. The molecule has 6 heteroatoms. The van der Waals surface area contributed by atoms with Crippen molar-refractivity contribution in [1.29, 1.82) is 0 Å². The summed E-state index contributed by atoms with van der Waals surface area (Å²) in [7, 11) is 0. The van der Waals surface area contributed by atoms with E-state index >= 15 is 0 Å². The summed E-state index contributed by atoms with van der Waals surface area (Å²) in [6.07, 6.45) is -0.648. The lowest BCUT2D eigenvalue weighted by molar-refractivity contribution is -0.154. The molecule has 0 bridgehead atoms. The van der Waals surface area contributed by atoms with Crippen LogP contribution in [0.4, 0.5) is 0 Å². The molecule has 2 saturated heterocycles. The topological polar surface area (TPSA) is 89.3 Å². The number of hydrogen-bond donors (Lipinski definition) is 1. The summed E-state index contributed by atoms with van der Waals surface area (Å²) in [5, 5.41) is 10.7. The third kappa shape index (κ3) is 1.38. The number of rotatable bonds is 1. The van der Waals surface area contributed by atoms with Gasteiger partial charge < -0.3 is 19.0 Å². The molecule has 6 nitrogen and oxygen atoms in total. The van der Waals surface area contributed by atoms with Gasteiger partial charge in [0.25, 0.3) is 0 Å². The van der Waals surface area contributed by atoms with Gasteiger partial charge in [-0.1, -0.05) is 13.8 Å². The molecule has 0 radical (unpaired) electrons. The van der Waals surface area contributed by atoms with Crippen molar-refractivity contribution < 1.29 is 23.8 Å². The number of ether oxygens (including phenoxy) is 2. The first-order chi connectivity index (χ1) is 11.3. The summed E-state index contributed by atoms with van der Waals surface area (Å²) in [5.74, 6) is 0.0794. The van der Waals surface area contributed by atoms with Gasteiger partial charge in [-0.25, -0.2) is 4.79 Å². The molecule has 5 rings (SSSR count). The quantitative estimate of drug-likeness (QED) is 0.602. The van der Waals surface area contributed by atoms with Crippen molar-refractivity contribution >= 4 is 5.97 Å². The van der Waals surface area contributed by atoms with Crippen LogP contribution >= 0.6 is 0 Å². The van der Waals surface area contributed by atoms with Gasteiger partial charge in [-0.05, 0) is 18.1 Å². The van der Waals surface area contributed by atoms with E-state index in [2.05, 4.69) is 0 Å². The predicted octanol–water partition coefficient (Wildman–Crippen LogP) is 0.706. The molecule has 4 aliphatic rings. The van der Waals surface area contributed by atoms with E-state index in [-0.39, 0.29) is 35.8 Å². The van der Waals surface area contributed by atoms with Crippen LogP contribution in [0.5, 0.6) is 0 Å². The highest BCUT2D eigenvalue weighted by atomic mass is 16.6. The van der Waals surface area contributed by atoms with E-state index in [1.54, 1.807) is 13.0 Å². The van der Waals surface area contributed by atoms with Crippen molar-refractivity contribution in [2.45, 2.75) is 63.4 Å². The first kappa shape index (κ1) is 14.7. The molecule has 1 aromatic rings. The molecule has 7 atom stereocenters. The van der Waals surface area contributed by atoms with E-state index in [0.29, 0.717) is 18.6 Å². The maximum absolute atomic E-state index is 12.6. The molecule has 1 aromatic heterocycles. The minimum absolute atomic E-state index is 0.201. The van der Waals surface area contributed by atoms with Crippen LogP contribution in [-0.4, -0.2) is 35.5 Å². The van der Waals surface area contributed by atoms with E-state index < -0.39 is 16.9 Å². The number of epoxide rings is 1. The van der Waals surface area contributed by atoms with Crippen molar-refractivity contribution in [3.05, 3.63) is 33.4 Å². The van der Waals surface area contributed by atoms with Crippen molar-refractivity contribution in [3.63, 3.8) is 0 Å². The largest absolute Gasteiger partial charge is 0.461 e. The predicted molar refractivity (Wildman–Crippen MR) is 81.6 cm³/mol. The number of esters is 1. The van der Waals surface area contributed by atoms with Gasteiger partial charge in [-0.15, -0.1) is 0 Å². The third-order valence-electron chi connectivity index (χ3n) is 6.86. The minimum Gasteiger partial charge on any atom is -0.461 e. The van der Waals surface area contributed by atoms with E-state index in [9.17, 15) is 14.7 Å². The fraction of sp³-hybridized carbons (Fsp3) is 0.667. The van der Waals surface area contributed by atoms with Crippen LogP contribution in [0.3, 0.4) is 0 Å². The summed E-state index contributed by atoms with van der Waals surface area (Å²) >= 11 is 0. The molecule has 1 N–H and O–H groups in total. The van der Waals surface area contributed by atoms with Crippen LogP contribution in [0.1, 0.15) is 37.7 Å². The molecule has 2 aliphatic carbocycles. The Bertz CT molecular complexity index is 827. The maximum atomic E-state index is 12.6. The van der Waals surface area contributed by atoms with E-state index in [0.717, 1.165) is 11.1 Å². The second-order valence-corrected chi connectivity index (χ2v) is 7.89. The van der Waals surface area contributed by atoms with Gasteiger partial charge in [0, 0.05) is 30.2 Å². The molecule has 128 valence electrons. The summed E-state index contributed by atoms with van der Waals surface area (Å²) < 4.78 is 16.9. The van der Waals surface area contributed by atoms with E-state index in [1.807, 2.05) is 13.8 Å². The van der Waals surface area contributed by atoms with Gasteiger partial charge >= 0.3 is 11.6 Å². The van der Waals surface area contributed by atoms with Crippen LogP contribution in [0.25, 0.3) is 0 Å². The van der Waals surface area contributed by atoms with Crippen LogP contribution in [0, 0.1) is 11.3 Å². The van der Waals surface area contributed by atoms with Crippen LogP contribution in [-0.2, 0) is 32.5 Å². The lowest BCUT2D eigenvalue weighted by atomic mass is 9.49. The molecule has 3 fully saturated rings. The lowest BCUT2D eigenvalue weighted by Gasteiger charge is -2.50. The molecule has 0 amide bonds. The zero-order valence-electron chi connectivity index (χ0n) is 13.9. The van der Waals surface area contributed by atoms with Crippen LogP contribution in [0.15, 0.2) is 15.3 Å². The Balaban J connectivity index is 1.81. The fourth-order valence-electron chi connectivity index (χ4n) is 5.76. The van der Waals surface area contributed by atoms with Gasteiger partial charge in [-0.2, -0.15) is 0 Å². The molecule has 0 spiro atoms. The Kier molecular flexibility index (Phi) is 2.51. The normalized spacial score (nSPS) is 47.5. The lowest BCUT2D eigenvalue weighted by Crippen LogP contribution is -2.62. The van der Waals surface area contributed by atoms with Gasteiger partial charge in [0.2, 0.25) is 0 Å². The summed E-state index contributed by atoms with van der Waals surface area (Å²) in [4.78, 5) is 24.7. The Morgan fingerprint density at radius 3 is 2.75 bits per heavy atom. The molecule has 24 heavy (non-hydrogen) atoms. The molecule has 0 aromatic carbocycles. The Hall–Kier alpha value is -1.66. The monoisotopic (exact) mass is 332 g/mol.